The monoisotopic (exact) mass is 248 g/mol. The Morgan fingerprint density at radius 3 is 2.28 bits per heavy atom. The minimum Gasteiger partial charge on any atom is -0.370 e. The van der Waals surface area contributed by atoms with Gasteiger partial charge in [0.15, 0.2) is 5.78 Å². The van der Waals surface area contributed by atoms with Gasteiger partial charge >= 0.3 is 0 Å². The lowest BCUT2D eigenvalue weighted by Crippen LogP contribution is -2.23. The molecule has 1 aromatic rings. The van der Waals surface area contributed by atoms with Gasteiger partial charge in [0, 0.05) is 12.2 Å². The topological polar surface area (TPSA) is 26.3 Å². The molecule has 2 heteroatoms. The predicted molar refractivity (Wildman–Crippen MR) is 75.0 cm³/mol. The summed E-state index contributed by atoms with van der Waals surface area (Å²) < 4.78 is 5.61. The summed E-state index contributed by atoms with van der Waals surface area (Å²) >= 11 is 0. The summed E-state index contributed by atoms with van der Waals surface area (Å²) in [5.74, 6) is 0.0592. The zero-order chi connectivity index (χ0) is 13.8. The van der Waals surface area contributed by atoms with E-state index >= 15 is 0 Å². The number of carbonyl (C=O) groups is 1. The summed E-state index contributed by atoms with van der Waals surface area (Å²) in [5.41, 5.74) is 2.13. The van der Waals surface area contributed by atoms with Gasteiger partial charge in [-0.15, -0.1) is 0 Å². The first-order chi connectivity index (χ1) is 8.29. The van der Waals surface area contributed by atoms with Crippen molar-refractivity contribution in [3.8, 4) is 0 Å². The van der Waals surface area contributed by atoms with E-state index in [2.05, 4.69) is 20.8 Å². The van der Waals surface area contributed by atoms with Crippen molar-refractivity contribution in [3.05, 3.63) is 35.4 Å². The molecule has 1 atom stereocenters. The van der Waals surface area contributed by atoms with Gasteiger partial charge in [0.1, 0.15) is 6.10 Å². The average molecular weight is 248 g/mol. The molecule has 0 bridgehead atoms. The highest BCUT2D eigenvalue weighted by molar-refractivity contribution is 5.99. The zero-order valence-corrected chi connectivity index (χ0v) is 12.1. The fraction of sp³-hybridized carbons (Fsp3) is 0.562. The number of rotatable bonds is 5. The van der Waals surface area contributed by atoms with Gasteiger partial charge in [-0.1, -0.05) is 50.6 Å². The Labute approximate surface area is 110 Å². The van der Waals surface area contributed by atoms with Crippen LogP contribution in [-0.2, 0) is 4.74 Å². The molecule has 0 amide bonds. The van der Waals surface area contributed by atoms with Gasteiger partial charge in [-0.2, -0.15) is 0 Å². The van der Waals surface area contributed by atoms with E-state index in [-0.39, 0.29) is 17.3 Å². The van der Waals surface area contributed by atoms with Crippen LogP contribution in [-0.4, -0.2) is 18.5 Å². The average Bonchev–Trinajstić information content (AvgIpc) is 2.27. The van der Waals surface area contributed by atoms with Crippen molar-refractivity contribution >= 4 is 5.78 Å². The molecule has 1 unspecified atom stereocenters. The SMILES string of the molecule is Cc1ccc(C(=O)C(C)OCCC(C)(C)C)cc1. The van der Waals surface area contributed by atoms with Crippen LogP contribution >= 0.6 is 0 Å². The van der Waals surface area contributed by atoms with E-state index in [1.54, 1.807) is 0 Å². The van der Waals surface area contributed by atoms with Crippen molar-refractivity contribution in [2.24, 2.45) is 5.41 Å². The van der Waals surface area contributed by atoms with Crippen molar-refractivity contribution in [2.45, 2.75) is 47.1 Å². The molecule has 0 fully saturated rings. The molecular formula is C16H24O2. The molecule has 0 spiro atoms. The lowest BCUT2D eigenvalue weighted by molar-refractivity contribution is 0.0394. The quantitative estimate of drug-likeness (QED) is 0.736. The highest BCUT2D eigenvalue weighted by atomic mass is 16.5. The predicted octanol–water partition coefficient (Wildman–Crippen LogP) is 4.02. The number of Topliss-reactive ketones (excluding diaryl/α,β-unsaturated/α-hetero) is 1. The number of aryl methyl sites for hydroxylation is 1. The molecule has 1 rings (SSSR count). The van der Waals surface area contributed by atoms with Gasteiger partial charge in [-0.3, -0.25) is 4.79 Å². The van der Waals surface area contributed by atoms with Crippen LogP contribution in [0.4, 0.5) is 0 Å². The molecule has 0 heterocycles. The van der Waals surface area contributed by atoms with E-state index in [0.29, 0.717) is 6.61 Å². The van der Waals surface area contributed by atoms with Crippen LogP contribution in [0.1, 0.15) is 50.0 Å². The van der Waals surface area contributed by atoms with Crippen molar-refractivity contribution in [1.29, 1.82) is 0 Å². The molecule has 0 aliphatic carbocycles. The highest BCUT2D eigenvalue weighted by Crippen LogP contribution is 2.18. The van der Waals surface area contributed by atoms with Crippen LogP contribution in [0.3, 0.4) is 0 Å². The Balaban J connectivity index is 2.49. The second-order valence-electron chi connectivity index (χ2n) is 6.05. The zero-order valence-electron chi connectivity index (χ0n) is 12.1. The summed E-state index contributed by atoms with van der Waals surface area (Å²) in [5, 5.41) is 0. The minimum atomic E-state index is -0.366. The van der Waals surface area contributed by atoms with Gasteiger partial charge < -0.3 is 4.74 Å². The smallest absolute Gasteiger partial charge is 0.191 e. The minimum absolute atomic E-state index is 0.0592. The van der Waals surface area contributed by atoms with Gasteiger partial charge in [-0.25, -0.2) is 0 Å². The molecule has 100 valence electrons. The van der Waals surface area contributed by atoms with Crippen LogP contribution in [0.2, 0.25) is 0 Å². The molecule has 0 aliphatic heterocycles. The number of carbonyl (C=O) groups excluding carboxylic acids is 1. The van der Waals surface area contributed by atoms with E-state index in [1.807, 2.05) is 38.1 Å². The molecule has 0 saturated heterocycles. The maximum Gasteiger partial charge on any atom is 0.191 e. The van der Waals surface area contributed by atoms with Gasteiger partial charge in [0.2, 0.25) is 0 Å². The Morgan fingerprint density at radius 1 is 1.22 bits per heavy atom. The van der Waals surface area contributed by atoms with Crippen molar-refractivity contribution in [1.82, 2.24) is 0 Å². The van der Waals surface area contributed by atoms with Crippen LogP contribution in [0, 0.1) is 12.3 Å². The number of hydrogen-bond donors (Lipinski definition) is 0. The van der Waals surface area contributed by atoms with E-state index in [4.69, 9.17) is 4.74 Å². The number of ketones is 1. The van der Waals surface area contributed by atoms with Gasteiger partial charge in [0.05, 0.1) is 0 Å². The lowest BCUT2D eigenvalue weighted by Gasteiger charge is -2.19. The van der Waals surface area contributed by atoms with Crippen molar-refractivity contribution in [2.75, 3.05) is 6.61 Å². The molecule has 18 heavy (non-hydrogen) atoms. The van der Waals surface area contributed by atoms with Crippen molar-refractivity contribution in [3.63, 3.8) is 0 Å². The molecule has 2 nitrogen and oxygen atoms in total. The maximum absolute atomic E-state index is 12.1. The third-order valence-corrected chi connectivity index (χ3v) is 2.93. The maximum atomic E-state index is 12.1. The first kappa shape index (κ1) is 14.9. The van der Waals surface area contributed by atoms with E-state index in [1.165, 1.54) is 0 Å². The largest absolute Gasteiger partial charge is 0.370 e. The van der Waals surface area contributed by atoms with Gasteiger partial charge in [0.25, 0.3) is 0 Å². The van der Waals surface area contributed by atoms with Crippen molar-refractivity contribution < 1.29 is 9.53 Å². The van der Waals surface area contributed by atoms with E-state index in [9.17, 15) is 4.79 Å². The summed E-state index contributed by atoms with van der Waals surface area (Å²) in [4.78, 5) is 12.1. The summed E-state index contributed by atoms with van der Waals surface area (Å²) in [6.07, 6.45) is 0.591. The fourth-order valence-corrected chi connectivity index (χ4v) is 1.57. The normalized spacial score (nSPS) is 13.4. The Morgan fingerprint density at radius 2 is 1.78 bits per heavy atom. The summed E-state index contributed by atoms with van der Waals surface area (Å²) in [7, 11) is 0. The number of ether oxygens (including phenoxy) is 1. The Hall–Kier alpha value is -1.15. The first-order valence-corrected chi connectivity index (χ1v) is 6.52. The fourth-order valence-electron chi connectivity index (χ4n) is 1.57. The molecule has 0 radical (unpaired) electrons. The summed E-state index contributed by atoms with van der Waals surface area (Å²) in [6.45, 7) is 11.0. The van der Waals surface area contributed by atoms with E-state index in [0.717, 1.165) is 17.5 Å². The Kier molecular flexibility index (Phi) is 5.09. The number of hydrogen-bond acceptors (Lipinski definition) is 2. The van der Waals surface area contributed by atoms with Crippen LogP contribution in [0.5, 0.6) is 0 Å². The highest BCUT2D eigenvalue weighted by Gasteiger charge is 2.17. The number of benzene rings is 1. The van der Waals surface area contributed by atoms with Gasteiger partial charge in [-0.05, 0) is 25.7 Å². The third-order valence-electron chi connectivity index (χ3n) is 2.93. The lowest BCUT2D eigenvalue weighted by atomic mass is 9.93. The molecule has 0 N–H and O–H groups in total. The first-order valence-electron chi connectivity index (χ1n) is 6.52. The van der Waals surface area contributed by atoms with Crippen LogP contribution in [0.15, 0.2) is 24.3 Å². The second-order valence-corrected chi connectivity index (χ2v) is 6.05. The standard InChI is InChI=1S/C16H24O2/c1-12-6-8-14(9-7-12)15(17)13(2)18-11-10-16(3,4)5/h6-9,13H,10-11H2,1-5H3. The molecule has 0 aromatic heterocycles. The molecular weight excluding hydrogens is 224 g/mol. The molecule has 1 aromatic carbocycles. The molecule has 0 saturated carbocycles. The second kappa shape index (κ2) is 6.14. The summed E-state index contributed by atoms with van der Waals surface area (Å²) in [6, 6.07) is 7.63. The van der Waals surface area contributed by atoms with Crippen LogP contribution < -0.4 is 0 Å². The third kappa shape index (κ3) is 5.01. The molecule has 0 aliphatic rings. The van der Waals surface area contributed by atoms with Crippen LogP contribution in [0.25, 0.3) is 0 Å². The Bertz CT molecular complexity index is 385. The van der Waals surface area contributed by atoms with E-state index < -0.39 is 0 Å².